The van der Waals surface area contributed by atoms with E-state index in [1.54, 1.807) is 60.7 Å². The second-order valence-electron chi connectivity index (χ2n) is 6.95. The maximum absolute atomic E-state index is 13.3. The molecule has 8 nitrogen and oxygen atoms in total. The van der Waals surface area contributed by atoms with Crippen LogP contribution in [0, 0.1) is 0 Å². The molecule has 0 aliphatic carbocycles. The average molecular weight is 450 g/mol. The smallest absolute Gasteiger partial charge is 0.241 e. The number of hydrogen-bond donors (Lipinski definition) is 2. The third-order valence-electron chi connectivity index (χ3n) is 4.99. The third kappa shape index (κ3) is 5.54. The molecule has 0 saturated carbocycles. The molecule has 3 aromatic carbocycles. The highest BCUT2D eigenvalue weighted by atomic mass is 16.5. The second kappa shape index (κ2) is 10.9. The highest BCUT2D eigenvalue weighted by molar-refractivity contribution is 6.15. The van der Waals surface area contributed by atoms with Crippen LogP contribution in [0.2, 0.25) is 0 Å². The highest BCUT2D eigenvalue weighted by Crippen LogP contribution is 2.32. The first kappa shape index (κ1) is 23.5. The van der Waals surface area contributed by atoms with Crippen molar-refractivity contribution < 1.29 is 28.5 Å². The van der Waals surface area contributed by atoms with E-state index >= 15 is 0 Å². The second-order valence-corrected chi connectivity index (χ2v) is 6.95. The zero-order valence-corrected chi connectivity index (χ0v) is 18.9. The quantitative estimate of drug-likeness (QED) is 0.477. The van der Waals surface area contributed by atoms with Crippen LogP contribution in [-0.2, 0) is 9.59 Å². The number of methoxy groups -OCH3 is 4. The fourth-order valence-electron chi connectivity index (χ4n) is 3.28. The Hall–Kier alpha value is -4.20. The van der Waals surface area contributed by atoms with E-state index in [0.29, 0.717) is 39.9 Å². The van der Waals surface area contributed by atoms with Crippen LogP contribution in [0.1, 0.15) is 11.5 Å². The van der Waals surface area contributed by atoms with Gasteiger partial charge >= 0.3 is 0 Å². The van der Waals surface area contributed by atoms with Crippen molar-refractivity contribution in [1.29, 1.82) is 0 Å². The lowest BCUT2D eigenvalue weighted by molar-refractivity contribution is -0.126. The molecule has 8 heteroatoms. The van der Waals surface area contributed by atoms with Gasteiger partial charge in [0.25, 0.3) is 0 Å². The number of carbonyl (C=O) groups excluding carboxylic acids is 2. The molecule has 33 heavy (non-hydrogen) atoms. The van der Waals surface area contributed by atoms with Gasteiger partial charge in [0.2, 0.25) is 11.8 Å². The van der Waals surface area contributed by atoms with E-state index in [9.17, 15) is 9.59 Å². The summed E-state index contributed by atoms with van der Waals surface area (Å²) in [6, 6.07) is 18.8. The summed E-state index contributed by atoms with van der Waals surface area (Å²) in [6.07, 6.45) is 0. The minimum absolute atomic E-state index is 0.409. The summed E-state index contributed by atoms with van der Waals surface area (Å²) in [7, 11) is 6.05. The van der Waals surface area contributed by atoms with E-state index in [4.69, 9.17) is 18.9 Å². The topological polar surface area (TPSA) is 95.1 Å². The number of ether oxygens (including phenoxy) is 4. The lowest BCUT2D eigenvalue weighted by Crippen LogP contribution is -2.32. The van der Waals surface area contributed by atoms with Crippen molar-refractivity contribution in [3.05, 3.63) is 72.3 Å². The molecule has 2 amide bonds. The van der Waals surface area contributed by atoms with Crippen LogP contribution in [-0.4, -0.2) is 40.3 Å². The molecule has 0 aliphatic heterocycles. The van der Waals surface area contributed by atoms with Crippen LogP contribution >= 0.6 is 0 Å². The van der Waals surface area contributed by atoms with Crippen molar-refractivity contribution in [2.24, 2.45) is 0 Å². The van der Waals surface area contributed by atoms with Crippen molar-refractivity contribution >= 4 is 23.2 Å². The van der Waals surface area contributed by atoms with Crippen molar-refractivity contribution in [3.8, 4) is 23.0 Å². The molecule has 3 aromatic rings. The Labute approximate surface area is 192 Å². The summed E-state index contributed by atoms with van der Waals surface area (Å²) < 4.78 is 21.1. The molecule has 0 unspecified atom stereocenters. The Bertz CT molecular complexity index is 1050. The SMILES string of the molecule is COc1ccc(NC(=O)C(C(=O)Nc2ccc(OC)cc2OC)c2ccccc2)c(OC)c1. The number of anilines is 2. The molecule has 0 bridgehead atoms. The van der Waals surface area contributed by atoms with Crippen molar-refractivity contribution in [1.82, 2.24) is 0 Å². The zero-order valence-electron chi connectivity index (χ0n) is 18.9. The maximum atomic E-state index is 13.3. The van der Waals surface area contributed by atoms with E-state index in [1.165, 1.54) is 28.4 Å². The van der Waals surface area contributed by atoms with Gasteiger partial charge in [-0.2, -0.15) is 0 Å². The Kier molecular flexibility index (Phi) is 7.75. The number of benzene rings is 3. The fraction of sp³-hybridized carbons (Fsp3) is 0.200. The summed E-state index contributed by atoms with van der Waals surface area (Å²) in [6.45, 7) is 0. The summed E-state index contributed by atoms with van der Waals surface area (Å²) in [5.74, 6) is -0.199. The number of rotatable bonds is 9. The van der Waals surface area contributed by atoms with E-state index in [0.717, 1.165) is 0 Å². The molecule has 3 rings (SSSR count). The van der Waals surface area contributed by atoms with Crippen molar-refractivity contribution in [3.63, 3.8) is 0 Å². The molecule has 0 spiro atoms. The first-order chi connectivity index (χ1) is 16.0. The van der Waals surface area contributed by atoms with Crippen LogP contribution in [0.25, 0.3) is 0 Å². The van der Waals surface area contributed by atoms with Gasteiger partial charge in [-0.1, -0.05) is 30.3 Å². The van der Waals surface area contributed by atoms with E-state index < -0.39 is 17.7 Å². The Morgan fingerprint density at radius 2 is 1.09 bits per heavy atom. The van der Waals surface area contributed by atoms with Crippen LogP contribution in [0.3, 0.4) is 0 Å². The zero-order chi connectivity index (χ0) is 23.8. The lowest BCUT2D eigenvalue weighted by atomic mass is 9.96. The normalized spacial score (nSPS) is 10.3. The van der Waals surface area contributed by atoms with E-state index in [-0.39, 0.29) is 0 Å². The number of nitrogens with one attached hydrogen (secondary N) is 2. The van der Waals surface area contributed by atoms with Crippen molar-refractivity contribution in [2.45, 2.75) is 5.92 Å². The summed E-state index contributed by atoms with van der Waals surface area (Å²) in [5, 5.41) is 5.59. The van der Waals surface area contributed by atoms with Crippen LogP contribution in [0.15, 0.2) is 66.7 Å². The van der Waals surface area contributed by atoms with Gasteiger partial charge in [0.15, 0.2) is 0 Å². The van der Waals surface area contributed by atoms with Crippen molar-refractivity contribution in [2.75, 3.05) is 39.1 Å². The predicted octanol–water partition coefficient (Wildman–Crippen LogP) is 4.08. The van der Waals surface area contributed by atoms with E-state index in [2.05, 4.69) is 10.6 Å². The maximum Gasteiger partial charge on any atom is 0.241 e. The molecule has 0 fully saturated rings. The molecule has 0 radical (unpaired) electrons. The van der Waals surface area contributed by atoms with Gasteiger partial charge in [-0.25, -0.2) is 0 Å². The molecular formula is C25H26N2O6. The van der Waals surface area contributed by atoms with Crippen LogP contribution < -0.4 is 29.6 Å². The molecular weight excluding hydrogens is 424 g/mol. The number of carbonyl (C=O) groups is 2. The summed E-state index contributed by atoms with van der Waals surface area (Å²) >= 11 is 0. The van der Waals surface area contributed by atoms with E-state index in [1.807, 2.05) is 6.07 Å². The molecule has 0 saturated heterocycles. The highest BCUT2D eigenvalue weighted by Gasteiger charge is 2.30. The minimum atomic E-state index is -1.13. The first-order valence-electron chi connectivity index (χ1n) is 10.1. The summed E-state index contributed by atoms with van der Waals surface area (Å²) in [5.41, 5.74) is 1.37. The van der Waals surface area contributed by atoms with Crippen LogP contribution in [0.4, 0.5) is 11.4 Å². The Morgan fingerprint density at radius 1 is 0.636 bits per heavy atom. The molecule has 0 heterocycles. The van der Waals surface area contributed by atoms with Gasteiger partial charge in [0, 0.05) is 12.1 Å². The molecule has 172 valence electrons. The molecule has 0 aromatic heterocycles. The Morgan fingerprint density at radius 3 is 1.48 bits per heavy atom. The first-order valence-corrected chi connectivity index (χ1v) is 10.1. The summed E-state index contributed by atoms with van der Waals surface area (Å²) in [4.78, 5) is 26.6. The average Bonchev–Trinajstić information content (AvgIpc) is 2.85. The van der Waals surface area contributed by atoms with Gasteiger partial charge in [-0.05, 0) is 29.8 Å². The van der Waals surface area contributed by atoms with Gasteiger partial charge in [0.1, 0.15) is 28.9 Å². The van der Waals surface area contributed by atoms with Gasteiger partial charge < -0.3 is 29.6 Å². The predicted molar refractivity (Wildman–Crippen MR) is 126 cm³/mol. The van der Waals surface area contributed by atoms with Crippen LogP contribution in [0.5, 0.6) is 23.0 Å². The lowest BCUT2D eigenvalue weighted by Gasteiger charge is -2.19. The Balaban J connectivity index is 1.91. The minimum Gasteiger partial charge on any atom is -0.497 e. The number of amides is 2. The van der Waals surface area contributed by atoms with Gasteiger partial charge in [0.05, 0.1) is 39.8 Å². The third-order valence-corrected chi connectivity index (χ3v) is 4.99. The number of hydrogen-bond acceptors (Lipinski definition) is 6. The standard InChI is InChI=1S/C25H26N2O6/c1-30-17-10-12-19(21(14-17)32-3)26-24(28)23(16-8-6-5-7-9-16)25(29)27-20-13-11-18(31-2)15-22(20)33-4/h5-15,23H,1-4H3,(H,26,28)(H,27,29). The molecule has 2 N–H and O–H groups in total. The molecule has 0 aliphatic rings. The van der Waals surface area contributed by atoms with Gasteiger partial charge in [-0.15, -0.1) is 0 Å². The van der Waals surface area contributed by atoms with Gasteiger partial charge in [-0.3, -0.25) is 9.59 Å². The molecule has 0 atom stereocenters. The monoisotopic (exact) mass is 450 g/mol. The largest absolute Gasteiger partial charge is 0.497 e. The fourth-order valence-corrected chi connectivity index (χ4v) is 3.28.